The number of hydrogen-bond acceptors (Lipinski definition) is 5. The van der Waals surface area contributed by atoms with Crippen LogP contribution in [0.1, 0.15) is 21.5 Å². The molecular formula is C27H28N2O5. The van der Waals surface area contributed by atoms with Crippen LogP contribution < -0.4 is 24.4 Å². The second kappa shape index (κ2) is 10.3. The minimum Gasteiger partial charge on any atom is -0.493 e. The lowest BCUT2D eigenvalue weighted by Crippen LogP contribution is -2.48. The average molecular weight is 461 g/mol. The summed E-state index contributed by atoms with van der Waals surface area (Å²) in [6.45, 7) is 0.400. The Kier molecular flexibility index (Phi) is 7.01. The number of amides is 2. The van der Waals surface area contributed by atoms with Crippen LogP contribution in [-0.2, 0) is 17.6 Å². The number of nitrogens with one attached hydrogen (secondary N) is 1. The van der Waals surface area contributed by atoms with E-state index in [-0.39, 0.29) is 11.8 Å². The van der Waals surface area contributed by atoms with E-state index in [9.17, 15) is 9.59 Å². The van der Waals surface area contributed by atoms with Crippen molar-refractivity contribution in [3.8, 4) is 17.2 Å². The van der Waals surface area contributed by atoms with Crippen molar-refractivity contribution in [1.29, 1.82) is 0 Å². The second-order valence-electron chi connectivity index (χ2n) is 7.96. The van der Waals surface area contributed by atoms with Gasteiger partial charge >= 0.3 is 0 Å². The average Bonchev–Trinajstić information content (AvgIpc) is 3.27. The van der Waals surface area contributed by atoms with E-state index in [4.69, 9.17) is 14.2 Å². The summed E-state index contributed by atoms with van der Waals surface area (Å²) < 4.78 is 16.2. The number of para-hydroxylation sites is 1. The van der Waals surface area contributed by atoms with Gasteiger partial charge < -0.3 is 19.5 Å². The fourth-order valence-corrected chi connectivity index (χ4v) is 4.29. The second-order valence-corrected chi connectivity index (χ2v) is 7.96. The number of anilines is 1. The van der Waals surface area contributed by atoms with Crippen LogP contribution in [0.4, 0.5) is 5.69 Å². The van der Waals surface area contributed by atoms with Gasteiger partial charge in [0.25, 0.3) is 5.91 Å². The zero-order chi connectivity index (χ0) is 24.1. The van der Waals surface area contributed by atoms with Crippen molar-refractivity contribution in [2.45, 2.75) is 18.9 Å². The fourth-order valence-electron chi connectivity index (χ4n) is 4.29. The van der Waals surface area contributed by atoms with E-state index in [0.29, 0.717) is 42.2 Å². The first-order chi connectivity index (χ1) is 16.6. The molecule has 7 heteroatoms. The van der Waals surface area contributed by atoms with Crippen LogP contribution in [-0.4, -0.2) is 45.7 Å². The molecule has 0 saturated carbocycles. The predicted molar refractivity (Wildman–Crippen MR) is 130 cm³/mol. The van der Waals surface area contributed by atoms with E-state index in [2.05, 4.69) is 5.32 Å². The number of carbonyl (C=O) groups is 2. The molecule has 1 aliphatic heterocycles. The monoisotopic (exact) mass is 460 g/mol. The molecule has 0 spiro atoms. The Morgan fingerprint density at radius 1 is 0.912 bits per heavy atom. The highest BCUT2D eigenvalue weighted by atomic mass is 16.5. The zero-order valence-electron chi connectivity index (χ0n) is 19.5. The van der Waals surface area contributed by atoms with Crippen molar-refractivity contribution in [2.24, 2.45) is 0 Å². The number of benzene rings is 3. The lowest BCUT2D eigenvalue weighted by Gasteiger charge is -2.25. The summed E-state index contributed by atoms with van der Waals surface area (Å²) in [6, 6.07) is 19.8. The van der Waals surface area contributed by atoms with Crippen LogP contribution in [0, 0.1) is 0 Å². The van der Waals surface area contributed by atoms with Gasteiger partial charge in [0.1, 0.15) is 6.04 Å². The third-order valence-electron chi connectivity index (χ3n) is 5.96. The number of ether oxygens (including phenoxy) is 3. The molecule has 0 aromatic heterocycles. The molecule has 0 bridgehead atoms. The molecule has 176 valence electrons. The van der Waals surface area contributed by atoms with E-state index in [1.807, 2.05) is 54.6 Å². The van der Waals surface area contributed by atoms with Crippen LogP contribution >= 0.6 is 0 Å². The first-order valence-corrected chi connectivity index (χ1v) is 11.1. The highest BCUT2D eigenvalue weighted by Gasteiger charge is 2.38. The first kappa shape index (κ1) is 23.2. The van der Waals surface area contributed by atoms with Gasteiger partial charge in [0.05, 0.1) is 21.3 Å². The SMILES string of the molecule is COc1cc(CCNC(=O)[C@H]2Cc3ccccc3N2C(=O)c2ccccc2)cc(OC)c1OC. The summed E-state index contributed by atoms with van der Waals surface area (Å²) in [6.07, 6.45) is 1.04. The van der Waals surface area contributed by atoms with E-state index in [1.54, 1.807) is 38.4 Å². The maximum absolute atomic E-state index is 13.3. The molecule has 7 nitrogen and oxygen atoms in total. The number of hydrogen-bond donors (Lipinski definition) is 1. The summed E-state index contributed by atoms with van der Waals surface area (Å²) in [7, 11) is 4.69. The standard InChI is InChI=1S/C27H28N2O5/c1-32-23-15-18(16-24(33-2)25(23)34-3)13-14-28-26(30)22-17-20-11-7-8-12-21(20)29(22)27(31)19-9-5-4-6-10-19/h4-12,15-16,22H,13-14,17H2,1-3H3,(H,28,30)/t22-/m1/s1. The smallest absolute Gasteiger partial charge is 0.259 e. The number of nitrogens with zero attached hydrogens (tertiary/aromatic N) is 1. The first-order valence-electron chi connectivity index (χ1n) is 11.1. The fraction of sp³-hybridized carbons (Fsp3) is 0.259. The molecular weight excluding hydrogens is 432 g/mol. The molecule has 0 fully saturated rings. The quantitative estimate of drug-likeness (QED) is 0.555. The summed E-state index contributed by atoms with van der Waals surface area (Å²) in [5.74, 6) is 1.28. The highest BCUT2D eigenvalue weighted by Crippen LogP contribution is 2.38. The molecule has 1 N–H and O–H groups in total. The molecule has 0 radical (unpaired) electrons. The Balaban J connectivity index is 1.49. The summed E-state index contributed by atoms with van der Waals surface area (Å²) in [5, 5.41) is 3.00. The Morgan fingerprint density at radius 3 is 2.21 bits per heavy atom. The van der Waals surface area contributed by atoms with Gasteiger partial charge in [-0.15, -0.1) is 0 Å². The lowest BCUT2D eigenvalue weighted by molar-refractivity contribution is -0.122. The van der Waals surface area contributed by atoms with Gasteiger partial charge in [-0.25, -0.2) is 0 Å². The van der Waals surface area contributed by atoms with Crippen LogP contribution in [0.3, 0.4) is 0 Å². The molecule has 1 atom stereocenters. The van der Waals surface area contributed by atoms with Crippen molar-refractivity contribution in [3.05, 3.63) is 83.4 Å². The molecule has 4 rings (SSSR count). The van der Waals surface area contributed by atoms with Gasteiger partial charge in [-0.1, -0.05) is 36.4 Å². The number of methoxy groups -OCH3 is 3. The van der Waals surface area contributed by atoms with Crippen LogP contribution in [0.2, 0.25) is 0 Å². The zero-order valence-corrected chi connectivity index (χ0v) is 19.5. The molecule has 34 heavy (non-hydrogen) atoms. The molecule has 1 heterocycles. The molecule has 1 aliphatic rings. The van der Waals surface area contributed by atoms with Gasteiger partial charge in [-0.05, 0) is 47.9 Å². The molecule has 3 aromatic rings. The Hall–Kier alpha value is -4.00. The summed E-state index contributed by atoms with van der Waals surface area (Å²) in [4.78, 5) is 28.2. The van der Waals surface area contributed by atoms with Gasteiger partial charge in [0.2, 0.25) is 11.7 Å². The molecule has 0 unspecified atom stereocenters. The van der Waals surface area contributed by atoms with Gasteiger partial charge in [-0.3, -0.25) is 14.5 Å². The van der Waals surface area contributed by atoms with Crippen molar-refractivity contribution in [1.82, 2.24) is 5.32 Å². The number of fused-ring (bicyclic) bond motifs is 1. The highest BCUT2D eigenvalue weighted by molar-refractivity contribution is 6.11. The molecule has 2 amide bonds. The number of carbonyl (C=O) groups excluding carboxylic acids is 2. The molecule has 0 aliphatic carbocycles. The third-order valence-corrected chi connectivity index (χ3v) is 5.96. The van der Waals surface area contributed by atoms with Crippen LogP contribution in [0.5, 0.6) is 17.2 Å². The van der Waals surface area contributed by atoms with Crippen LogP contribution in [0.25, 0.3) is 0 Å². The third kappa shape index (κ3) is 4.55. The van der Waals surface area contributed by atoms with Gasteiger partial charge in [-0.2, -0.15) is 0 Å². The normalized spacial score (nSPS) is 14.3. The topological polar surface area (TPSA) is 77.1 Å². The van der Waals surface area contributed by atoms with E-state index in [1.165, 1.54) is 0 Å². The maximum Gasteiger partial charge on any atom is 0.259 e. The van der Waals surface area contributed by atoms with Gasteiger partial charge in [0.15, 0.2) is 11.5 Å². The van der Waals surface area contributed by atoms with Gasteiger partial charge in [0, 0.05) is 24.2 Å². The minimum atomic E-state index is -0.606. The minimum absolute atomic E-state index is 0.185. The largest absolute Gasteiger partial charge is 0.493 e. The molecule has 0 saturated heterocycles. The summed E-state index contributed by atoms with van der Waals surface area (Å²) >= 11 is 0. The van der Waals surface area contributed by atoms with Crippen molar-refractivity contribution in [3.63, 3.8) is 0 Å². The predicted octanol–water partition coefficient (Wildman–Crippen LogP) is 3.64. The number of rotatable bonds is 8. The maximum atomic E-state index is 13.3. The Labute approximate surface area is 199 Å². The Bertz CT molecular complexity index is 1150. The Morgan fingerprint density at radius 2 is 1.56 bits per heavy atom. The van der Waals surface area contributed by atoms with E-state index in [0.717, 1.165) is 16.8 Å². The van der Waals surface area contributed by atoms with E-state index < -0.39 is 6.04 Å². The van der Waals surface area contributed by atoms with Crippen molar-refractivity contribution < 1.29 is 23.8 Å². The lowest BCUT2D eigenvalue weighted by atomic mass is 10.1. The van der Waals surface area contributed by atoms with Crippen molar-refractivity contribution in [2.75, 3.05) is 32.8 Å². The van der Waals surface area contributed by atoms with E-state index >= 15 is 0 Å². The van der Waals surface area contributed by atoms with Crippen LogP contribution in [0.15, 0.2) is 66.7 Å². The summed E-state index contributed by atoms with van der Waals surface area (Å²) in [5.41, 5.74) is 3.24. The molecule has 3 aromatic carbocycles. The van der Waals surface area contributed by atoms with Crippen molar-refractivity contribution >= 4 is 17.5 Å².